The molecular formula is C21H19ClN4O5. The molecule has 0 aliphatic rings. The summed E-state index contributed by atoms with van der Waals surface area (Å²) < 4.78 is 6.84. The molecule has 0 aliphatic carbocycles. The van der Waals surface area contributed by atoms with Crippen molar-refractivity contribution in [3.63, 3.8) is 0 Å². The van der Waals surface area contributed by atoms with Crippen LogP contribution in [0.4, 0.5) is 11.4 Å². The molecule has 0 unspecified atom stereocenters. The molecule has 3 rings (SSSR count). The molecule has 31 heavy (non-hydrogen) atoms. The third kappa shape index (κ3) is 5.26. The number of ether oxygens (including phenoxy) is 1. The highest BCUT2D eigenvalue weighted by Crippen LogP contribution is 2.26. The summed E-state index contributed by atoms with van der Waals surface area (Å²) in [6, 6.07) is 13.3. The van der Waals surface area contributed by atoms with E-state index in [1.54, 1.807) is 18.5 Å². The minimum atomic E-state index is -0.667. The molecule has 1 amide bonds. The summed E-state index contributed by atoms with van der Waals surface area (Å²) in [5.41, 5.74) is 2.44. The first-order valence-electron chi connectivity index (χ1n) is 9.25. The molecule has 0 saturated heterocycles. The number of aryl methyl sites for hydroxylation is 1. The number of nitro benzene ring substituents is 1. The first-order chi connectivity index (χ1) is 14.8. The molecular weight excluding hydrogens is 424 g/mol. The summed E-state index contributed by atoms with van der Waals surface area (Å²) in [5.74, 6) is -1.30. The Kier molecular flexibility index (Phi) is 6.66. The lowest BCUT2D eigenvalue weighted by atomic mass is 10.2. The number of esters is 1. The number of nitrogens with zero attached hydrogens (tertiary/aromatic N) is 3. The first-order valence-corrected chi connectivity index (χ1v) is 9.63. The van der Waals surface area contributed by atoms with Crippen molar-refractivity contribution in [1.29, 1.82) is 0 Å². The molecule has 10 heteroatoms. The van der Waals surface area contributed by atoms with Crippen LogP contribution >= 0.6 is 11.6 Å². The first kappa shape index (κ1) is 22.0. The maximum absolute atomic E-state index is 12.5. The Morgan fingerprint density at radius 1 is 1.19 bits per heavy atom. The van der Waals surface area contributed by atoms with Crippen molar-refractivity contribution in [3.05, 3.63) is 86.2 Å². The summed E-state index contributed by atoms with van der Waals surface area (Å²) >= 11 is 5.95. The molecule has 0 atom stereocenters. The minimum Gasteiger partial charge on any atom is -0.452 e. The monoisotopic (exact) mass is 442 g/mol. The van der Waals surface area contributed by atoms with Crippen molar-refractivity contribution in [2.24, 2.45) is 0 Å². The number of benzene rings is 2. The number of amides is 1. The largest absolute Gasteiger partial charge is 0.452 e. The predicted molar refractivity (Wildman–Crippen MR) is 114 cm³/mol. The Hall–Kier alpha value is -3.72. The van der Waals surface area contributed by atoms with Gasteiger partial charge in [-0.05, 0) is 25.5 Å². The fourth-order valence-corrected chi connectivity index (χ4v) is 3.23. The summed E-state index contributed by atoms with van der Waals surface area (Å²) in [4.78, 5) is 34.8. The highest BCUT2D eigenvalue weighted by molar-refractivity contribution is 6.34. The lowest BCUT2D eigenvalue weighted by Crippen LogP contribution is -2.21. The summed E-state index contributed by atoms with van der Waals surface area (Å²) in [7, 11) is 0. The maximum Gasteiger partial charge on any atom is 0.342 e. The van der Waals surface area contributed by atoms with E-state index in [0.29, 0.717) is 23.5 Å². The number of hydrogen-bond acceptors (Lipinski definition) is 6. The van der Waals surface area contributed by atoms with Crippen molar-refractivity contribution < 1.29 is 19.2 Å². The average molecular weight is 443 g/mol. The number of halogens is 1. The van der Waals surface area contributed by atoms with E-state index in [1.807, 2.05) is 30.3 Å². The molecule has 0 spiro atoms. The summed E-state index contributed by atoms with van der Waals surface area (Å²) in [6.07, 6.45) is 0. The molecule has 2 aromatic carbocycles. The number of anilines is 1. The van der Waals surface area contributed by atoms with Crippen molar-refractivity contribution >= 4 is 34.9 Å². The van der Waals surface area contributed by atoms with Gasteiger partial charge in [0.15, 0.2) is 6.61 Å². The molecule has 1 N–H and O–H groups in total. The van der Waals surface area contributed by atoms with Crippen LogP contribution in [0.3, 0.4) is 0 Å². The summed E-state index contributed by atoms with van der Waals surface area (Å²) in [5, 5.41) is 17.6. The topological polar surface area (TPSA) is 116 Å². The van der Waals surface area contributed by atoms with Gasteiger partial charge >= 0.3 is 5.97 Å². The molecule has 160 valence electrons. The normalized spacial score (nSPS) is 10.5. The zero-order valence-electron chi connectivity index (χ0n) is 16.8. The van der Waals surface area contributed by atoms with Gasteiger partial charge in [-0.25, -0.2) is 4.79 Å². The molecule has 1 heterocycles. The second-order valence-electron chi connectivity index (χ2n) is 6.73. The van der Waals surface area contributed by atoms with Gasteiger partial charge in [0.25, 0.3) is 11.6 Å². The van der Waals surface area contributed by atoms with E-state index in [0.717, 1.165) is 11.6 Å². The van der Waals surface area contributed by atoms with E-state index in [-0.39, 0.29) is 16.4 Å². The van der Waals surface area contributed by atoms with Gasteiger partial charge < -0.3 is 10.1 Å². The minimum absolute atomic E-state index is 0.00255. The van der Waals surface area contributed by atoms with Gasteiger partial charge in [-0.15, -0.1) is 0 Å². The third-order valence-corrected chi connectivity index (χ3v) is 4.85. The van der Waals surface area contributed by atoms with Gasteiger partial charge in [0.2, 0.25) is 0 Å². The van der Waals surface area contributed by atoms with E-state index in [1.165, 1.54) is 12.1 Å². The Morgan fingerprint density at radius 2 is 1.90 bits per heavy atom. The number of rotatable bonds is 7. The lowest BCUT2D eigenvalue weighted by Gasteiger charge is -2.08. The lowest BCUT2D eigenvalue weighted by molar-refractivity contribution is -0.384. The van der Waals surface area contributed by atoms with Crippen LogP contribution in [0.25, 0.3) is 0 Å². The van der Waals surface area contributed by atoms with E-state index in [2.05, 4.69) is 10.4 Å². The number of hydrogen-bond donors (Lipinski definition) is 1. The number of nitrogens with one attached hydrogen (secondary N) is 1. The molecule has 0 saturated carbocycles. The number of aromatic nitrogens is 2. The van der Waals surface area contributed by atoms with Crippen LogP contribution in [0.1, 0.15) is 27.3 Å². The standard InChI is InChI=1S/C21H19ClN4O5/c1-13-20(14(2)25(24-13)11-15-6-4-3-5-7-15)21(28)31-12-19(27)23-18-9-8-16(26(29)30)10-17(18)22/h3-10H,11-12H2,1-2H3,(H,23,27). The smallest absolute Gasteiger partial charge is 0.342 e. The van der Waals surface area contributed by atoms with Crippen molar-refractivity contribution in [1.82, 2.24) is 9.78 Å². The number of nitro groups is 1. The molecule has 0 aliphatic heterocycles. The zero-order valence-corrected chi connectivity index (χ0v) is 17.5. The van der Waals surface area contributed by atoms with E-state index in [4.69, 9.17) is 16.3 Å². The van der Waals surface area contributed by atoms with Crippen LogP contribution in [0.2, 0.25) is 5.02 Å². The van der Waals surface area contributed by atoms with Crippen LogP contribution in [0.15, 0.2) is 48.5 Å². The van der Waals surface area contributed by atoms with E-state index < -0.39 is 23.4 Å². The molecule has 0 bridgehead atoms. The molecule has 0 fully saturated rings. The second-order valence-corrected chi connectivity index (χ2v) is 7.14. The van der Waals surface area contributed by atoms with E-state index >= 15 is 0 Å². The van der Waals surface area contributed by atoms with Crippen molar-refractivity contribution in [2.75, 3.05) is 11.9 Å². The molecule has 0 radical (unpaired) electrons. The van der Waals surface area contributed by atoms with Crippen molar-refractivity contribution in [3.8, 4) is 0 Å². The van der Waals surface area contributed by atoms with Gasteiger partial charge in [0, 0.05) is 12.1 Å². The number of non-ortho nitro benzene ring substituents is 1. The summed E-state index contributed by atoms with van der Waals surface area (Å²) in [6.45, 7) is 3.41. The number of carbonyl (C=O) groups is 2. The Labute approximate surface area is 182 Å². The SMILES string of the molecule is Cc1nn(Cc2ccccc2)c(C)c1C(=O)OCC(=O)Nc1ccc([N+](=O)[O-])cc1Cl. The van der Waals surface area contributed by atoms with Crippen LogP contribution in [0, 0.1) is 24.0 Å². The molecule has 3 aromatic rings. The maximum atomic E-state index is 12.5. The van der Waals surface area contributed by atoms with Gasteiger partial charge in [-0.3, -0.25) is 19.6 Å². The Bertz CT molecular complexity index is 1140. The van der Waals surface area contributed by atoms with E-state index in [9.17, 15) is 19.7 Å². The second kappa shape index (κ2) is 9.40. The fourth-order valence-electron chi connectivity index (χ4n) is 3.01. The van der Waals surface area contributed by atoms with Crippen LogP contribution < -0.4 is 5.32 Å². The third-order valence-electron chi connectivity index (χ3n) is 4.53. The number of carbonyl (C=O) groups excluding carboxylic acids is 2. The van der Waals surface area contributed by atoms with Gasteiger partial charge in [-0.2, -0.15) is 5.10 Å². The van der Waals surface area contributed by atoms with Crippen LogP contribution in [0.5, 0.6) is 0 Å². The van der Waals surface area contributed by atoms with Crippen LogP contribution in [-0.4, -0.2) is 33.2 Å². The zero-order chi connectivity index (χ0) is 22.5. The van der Waals surface area contributed by atoms with Gasteiger partial charge in [-0.1, -0.05) is 41.9 Å². The van der Waals surface area contributed by atoms with Crippen LogP contribution in [-0.2, 0) is 16.1 Å². The van der Waals surface area contributed by atoms with Gasteiger partial charge in [0.1, 0.15) is 5.56 Å². The Morgan fingerprint density at radius 3 is 2.55 bits per heavy atom. The van der Waals surface area contributed by atoms with Gasteiger partial charge in [0.05, 0.1) is 33.6 Å². The predicted octanol–water partition coefficient (Wildman–Crippen LogP) is 3.91. The molecule has 1 aromatic heterocycles. The highest BCUT2D eigenvalue weighted by Gasteiger charge is 2.21. The Balaban J connectivity index is 1.63. The molecule has 9 nitrogen and oxygen atoms in total. The average Bonchev–Trinajstić information content (AvgIpc) is 3.01. The highest BCUT2D eigenvalue weighted by atomic mass is 35.5. The fraction of sp³-hybridized carbons (Fsp3) is 0.190. The van der Waals surface area contributed by atoms with Crippen molar-refractivity contribution in [2.45, 2.75) is 20.4 Å². The quantitative estimate of drug-likeness (QED) is 0.337.